The molecule has 8 heteroatoms. The lowest BCUT2D eigenvalue weighted by Crippen LogP contribution is -2.55. The van der Waals surface area contributed by atoms with Crippen LogP contribution in [-0.4, -0.2) is 77.7 Å². The molecular weight excluding hydrogens is 368 g/mol. The summed E-state index contributed by atoms with van der Waals surface area (Å²) in [6.07, 6.45) is 6.86. The molecule has 1 heterocycles. The summed E-state index contributed by atoms with van der Waals surface area (Å²) >= 11 is 0. The van der Waals surface area contributed by atoms with E-state index < -0.39 is 30.7 Å². The van der Waals surface area contributed by atoms with Gasteiger partial charge in [-0.3, -0.25) is 5.26 Å². The van der Waals surface area contributed by atoms with Crippen molar-refractivity contribution in [2.24, 2.45) is 0 Å². The van der Waals surface area contributed by atoms with Gasteiger partial charge in [-0.05, 0) is 6.42 Å². The molecule has 0 aromatic rings. The van der Waals surface area contributed by atoms with Gasteiger partial charge < -0.3 is 29.5 Å². The number of hydrogen-bond donors (Lipinski definition) is 4. The number of aliphatic hydroxyl groups is 3. The molecule has 1 rings (SSSR count). The fourth-order valence-corrected chi connectivity index (χ4v) is 3.20. The van der Waals surface area contributed by atoms with Gasteiger partial charge in [0.05, 0.1) is 13.2 Å². The van der Waals surface area contributed by atoms with Gasteiger partial charge in [0, 0.05) is 6.61 Å². The summed E-state index contributed by atoms with van der Waals surface area (Å²) < 4.78 is 16.3. The van der Waals surface area contributed by atoms with Crippen LogP contribution in [0.15, 0.2) is 0 Å². The molecule has 1 saturated heterocycles. The molecule has 5 atom stereocenters. The third kappa shape index (κ3) is 11.0. The van der Waals surface area contributed by atoms with E-state index in [0.29, 0.717) is 6.61 Å². The van der Waals surface area contributed by atoms with Crippen LogP contribution < -0.4 is 0 Å². The van der Waals surface area contributed by atoms with Gasteiger partial charge in [-0.15, -0.1) is 0 Å². The van der Waals surface area contributed by atoms with Gasteiger partial charge in [-0.1, -0.05) is 64.7 Å². The Hall–Kier alpha value is -0.320. The van der Waals surface area contributed by atoms with Gasteiger partial charge in [0.15, 0.2) is 6.29 Å². The smallest absolute Gasteiger partial charge is 0.186 e. The maximum absolute atomic E-state index is 9.89. The molecule has 0 radical (unpaired) electrons. The van der Waals surface area contributed by atoms with Crippen molar-refractivity contribution in [2.75, 3.05) is 26.4 Å². The zero-order valence-corrected chi connectivity index (χ0v) is 17.2. The SMILES string of the molecule is CCCCCCCCCCCCOC[C@@H](COO)O[C@@H]1OC[C@@H](O)[C@@H](O)[C@@H]1O. The first-order valence-corrected chi connectivity index (χ1v) is 10.8. The summed E-state index contributed by atoms with van der Waals surface area (Å²) in [5.41, 5.74) is 0. The third-order valence-corrected chi connectivity index (χ3v) is 4.99. The molecule has 1 aliphatic heterocycles. The third-order valence-electron chi connectivity index (χ3n) is 4.99. The van der Waals surface area contributed by atoms with Crippen molar-refractivity contribution in [3.05, 3.63) is 0 Å². The minimum Gasteiger partial charge on any atom is -0.388 e. The Morgan fingerprint density at radius 3 is 2.07 bits per heavy atom. The quantitative estimate of drug-likeness (QED) is 0.164. The van der Waals surface area contributed by atoms with Gasteiger partial charge in [-0.25, -0.2) is 4.89 Å². The highest BCUT2D eigenvalue weighted by molar-refractivity contribution is 4.83. The molecule has 0 bridgehead atoms. The topological polar surface area (TPSA) is 118 Å². The Kier molecular flexibility index (Phi) is 15.1. The van der Waals surface area contributed by atoms with Gasteiger partial charge in [0.2, 0.25) is 0 Å². The van der Waals surface area contributed by atoms with Gasteiger partial charge >= 0.3 is 0 Å². The van der Waals surface area contributed by atoms with E-state index in [4.69, 9.17) is 19.5 Å². The minimum absolute atomic E-state index is 0.144. The van der Waals surface area contributed by atoms with Crippen LogP contribution >= 0.6 is 0 Å². The summed E-state index contributed by atoms with van der Waals surface area (Å²) in [5, 5.41) is 37.7. The zero-order chi connectivity index (χ0) is 20.6. The molecule has 1 aliphatic rings. The molecule has 0 unspecified atom stereocenters. The Balaban J connectivity index is 2.06. The minimum atomic E-state index is -1.38. The van der Waals surface area contributed by atoms with E-state index in [2.05, 4.69) is 11.8 Å². The standard InChI is InChI=1S/C20H40O8/c1-2-3-4-5-6-7-8-9-10-11-12-25-13-16(14-27-24)28-20-19(23)18(22)17(21)15-26-20/h16-24H,2-15H2,1H3/t16-,17+,18+,19-,20-/m0/s1. The average molecular weight is 409 g/mol. The van der Waals surface area contributed by atoms with E-state index >= 15 is 0 Å². The summed E-state index contributed by atoms with van der Waals surface area (Å²) in [5.74, 6) is 0. The lowest BCUT2D eigenvalue weighted by molar-refractivity contribution is -0.313. The van der Waals surface area contributed by atoms with Crippen molar-refractivity contribution < 1.29 is 39.7 Å². The highest BCUT2D eigenvalue weighted by Crippen LogP contribution is 2.18. The van der Waals surface area contributed by atoms with E-state index in [0.717, 1.165) is 12.8 Å². The first-order chi connectivity index (χ1) is 13.6. The highest BCUT2D eigenvalue weighted by atomic mass is 17.1. The van der Waals surface area contributed by atoms with Crippen molar-refractivity contribution in [1.29, 1.82) is 0 Å². The van der Waals surface area contributed by atoms with Crippen LogP contribution in [0, 0.1) is 0 Å². The molecule has 8 nitrogen and oxygen atoms in total. The second-order valence-electron chi connectivity index (χ2n) is 7.56. The normalized spacial score (nSPS) is 26.5. The van der Waals surface area contributed by atoms with Gasteiger partial charge in [0.1, 0.15) is 31.0 Å². The maximum atomic E-state index is 9.89. The molecule has 4 N–H and O–H groups in total. The molecule has 168 valence electrons. The fraction of sp³-hybridized carbons (Fsp3) is 1.00. The van der Waals surface area contributed by atoms with Crippen LogP contribution in [-0.2, 0) is 19.1 Å². The van der Waals surface area contributed by atoms with Crippen molar-refractivity contribution in [3.8, 4) is 0 Å². The molecule has 28 heavy (non-hydrogen) atoms. The summed E-state index contributed by atoms with van der Waals surface area (Å²) in [6.45, 7) is 2.69. The predicted molar refractivity (Wildman–Crippen MR) is 104 cm³/mol. The fourth-order valence-electron chi connectivity index (χ4n) is 3.20. The highest BCUT2D eigenvalue weighted by Gasteiger charge is 2.39. The van der Waals surface area contributed by atoms with E-state index in [-0.39, 0.29) is 19.8 Å². The zero-order valence-electron chi connectivity index (χ0n) is 17.2. The second-order valence-corrected chi connectivity index (χ2v) is 7.56. The van der Waals surface area contributed by atoms with Crippen molar-refractivity contribution in [2.45, 2.75) is 102 Å². The molecule has 0 aromatic heterocycles. The van der Waals surface area contributed by atoms with Crippen LogP contribution in [0.25, 0.3) is 0 Å². The molecule has 0 aliphatic carbocycles. The van der Waals surface area contributed by atoms with Crippen LogP contribution in [0.1, 0.15) is 71.1 Å². The largest absolute Gasteiger partial charge is 0.388 e. The Bertz CT molecular complexity index is 357. The van der Waals surface area contributed by atoms with Crippen LogP contribution in [0.2, 0.25) is 0 Å². The van der Waals surface area contributed by atoms with Crippen LogP contribution in [0.3, 0.4) is 0 Å². The van der Waals surface area contributed by atoms with E-state index in [1.807, 2.05) is 0 Å². The van der Waals surface area contributed by atoms with Crippen LogP contribution in [0.4, 0.5) is 0 Å². The molecule has 0 spiro atoms. The summed E-state index contributed by atoms with van der Waals surface area (Å²) in [6, 6.07) is 0. The van der Waals surface area contributed by atoms with Gasteiger partial charge in [-0.2, -0.15) is 0 Å². The van der Waals surface area contributed by atoms with Crippen molar-refractivity contribution in [3.63, 3.8) is 0 Å². The molecule has 1 fully saturated rings. The number of hydrogen-bond acceptors (Lipinski definition) is 8. The molecular formula is C20H40O8. The first kappa shape index (κ1) is 25.7. The number of aliphatic hydroxyl groups excluding tert-OH is 3. The number of ether oxygens (including phenoxy) is 3. The van der Waals surface area contributed by atoms with Crippen molar-refractivity contribution in [1.82, 2.24) is 0 Å². The predicted octanol–water partition coefficient (Wildman–Crippen LogP) is 2.24. The van der Waals surface area contributed by atoms with E-state index in [9.17, 15) is 15.3 Å². The summed E-state index contributed by atoms with van der Waals surface area (Å²) in [4.78, 5) is 4.13. The number of rotatable bonds is 17. The lowest BCUT2D eigenvalue weighted by Gasteiger charge is -2.36. The van der Waals surface area contributed by atoms with E-state index in [1.165, 1.54) is 51.4 Å². The average Bonchev–Trinajstić information content (AvgIpc) is 2.69. The maximum Gasteiger partial charge on any atom is 0.186 e. The van der Waals surface area contributed by atoms with Crippen LogP contribution in [0.5, 0.6) is 0 Å². The molecule has 0 saturated carbocycles. The number of unbranched alkanes of at least 4 members (excludes halogenated alkanes) is 9. The molecule has 0 aromatic carbocycles. The monoisotopic (exact) mass is 408 g/mol. The molecule has 0 amide bonds. The van der Waals surface area contributed by atoms with Gasteiger partial charge in [0.25, 0.3) is 0 Å². The first-order valence-electron chi connectivity index (χ1n) is 10.8. The Morgan fingerprint density at radius 1 is 0.857 bits per heavy atom. The lowest BCUT2D eigenvalue weighted by atomic mass is 10.1. The second kappa shape index (κ2) is 16.5. The van der Waals surface area contributed by atoms with E-state index in [1.54, 1.807) is 0 Å². The summed E-state index contributed by atoms with van der Waals surface area (Å²) in [7, 11) is 0. The Labute approximate surface area is 168 Å². The van der Waals surface area contributed by atoms with Crippen molar-refractivity contribution >= 4 is 0 Å². The Morgan fingerprint density at radius 2 is 1.46 bits per heavy atom.